The number of nitrogens with zero attached hydrogens (tertiary/aromatic N) is 2. The van der Waals surface area contributed by atoms with Gasteiger partial charge in [0.15, 0.2) is 5.96 Å². The smallest absolute Gasteiger partial charge is 0.191 e. The van der Waals surface area contributed by atoms with E-state index in [9.17, 15) is 0 Å². The lowest BCUT2D eigenvalue weighted by Gasteiger charge is -2.28. The van der Waals surface area contributed by atoms with Gasteiger partial charge in [-0.25, -0.2) is 0 Å². The quantitative estimate of drug-likeness (QED) is 0.334. The molecule has 2 aliphatic rings. The molecule has 1 aliphatic heterocycles. The molecule has 0 saturated carbocycles. The normalized spacial score (nSPS) is 21.8. The molecule has 1 fully saturated rings. The van der Waals surface area contributed by atoms with E-state index < -0.39 is 0 Å². The van der Waals surface area contributed by atoms with Crippen LogP contribution in [-0.2, 0) is 0 Å². The van der Waals surface area contributed by atoms with Gasteiger partial charge in [0.25, 0.3) is 0 Å². The van der Waals surface area contributed by atoms with Gasteiger partial charge in [0.05, 0.1) is 0 Å². The van der Waals surface area contributed by atoms with Crippen LogP contribution in [0.1, 0.15) is 32.6 Å². The van der Waals surface area contributed by atoms with Gasteiger partial charge < -0.3 is 15.5 Å². The van der Waals surface area contributed by atoms with Crippen LogP contribution in [-0.4, -0.2) is 50.1 Å². The predicted molar refractivity (Wildman–Crippen MR) is 96.9 cm³/mol. The minimum Gasteiger partial charge on any atom is -0.357 e. The SMILES string of the molecule is CCNC(=NCC1CCN(C)CC1)NC1CC=CC1.I. The molecule has 0 aromatic rings. The Kier molecular flexibility index (Phi) is 8.52. The summed E-state index contributed by atoms with van der Waals surface area (Å²) in [5.74, 6) is 1.75. The molecule has 1 heterocycles. The summed E-state index contributed by atoms with van der Waals surface area (Å²) >= 11 is 0. The van der Waals surface area contributed by atoms with E-state index in [1.165, 1.54) is 25.9 Å². The molecule has 0 aromatic carbocycles. The average Bonchev–Trinajstić information content (AvgIpc) is 2.91. The number of aliphatic imine (C=N–C) groups is 1. The highest BCUT2D eigenvalue weighted by Crippen LogP contribution is 2.16. The number of halogens is 1. The van der Waals surface area contributed by atoms with Gasteiger partial charge in [0.1, 0.15) is 0 Å². The molecule has 1 saturated heterocycles. The van der Waals surface area contributed by atoms with Gasteiger partial charge in [-0.3, -0.25) is 4.99 Å². The molecule has 0 atom stereocenters. The first kappa shape index (κ1) is 17.8. The minimum atomic E-state index is 0. The Morgan fingerprint density at radius 2 is 1.90 bits per heavy atom. The van der Waals surface area contributed by atoms with Gasteiger partial charge in [-0.1, -0.05) is 12.2 Å². The molecule has 2 N–H and O–H groups in total. The maximum Gasteiger partial charge on any atom is 0.191 e. The Labute approximate surface area is 140 Å². The lowest BCUT2D eigenvalue weighted by Crippen LogP contribution is -2.43. The first-order chi connectivity index (χ1) is 9.28. The molecule has 20 heavy (non-hydrogen) atoms. The van der Waals surface area contributed by atoms with Crippen LogP contribution < -0.4 is 10.6 Å². The fourth-order valence-corrected chi connectivity index (χ4v) is 2.71. The molecule has 1 aliphatic carbocycles. The Balaban J connectivity index is 0.00000200. The third-order valence-electron chi connectivity index (χ3n) is 4.04. The van der Waals surface area contributed by atoms with Gasteiger partial charge >= 0.3 is 0 Å². The van der Waals surface area contributed by atoms with E-state index in [1.807, 2.05) is 0 Å². The van der Waals surface area contributed by atoms with E-state index in [0.29, 0.717) is 6.04 Å². The van der Waals surface area contributed by atoms with E-state index in [1.54, 1.807) is 0 Å². The summed E-state index contributed by atoms with van der Waals surface area (Å²) in [6.07, 6.45) is 9.31. The first-order valence-corrected chi connectivity index (χ1v) is 7.66. The highest BCUT2D eigenvalue weighted by atomic mass is 127. The Bertz CT molecular complexity index is 314. The van der Waals surface area contributed by atoms with Crippen LogP contribution in [0.3, 0.4) is 0 Å². The number of hydrogen-bond donors (Lipinski definition) is 2. The third-order valence-corrected chi connectivity index (χ3v) is 4.04. The van der Waals surface area contributed by atoms with Crippen LogP contribution >= 0.6 is 24.0 Å². The highest BCUT2D eigenvalue weighted by Gasteiger charge is 2.17. The molecule has 5 heteroatoms. The van der Waals surface area contributed by atoms with Crippen molar-refractivity contribution in [3.05, 3.63) is 12.2 Å². The second-order valence-corrected chi connectivity index (χ2v) is 5.75. The van der Waals surface area contributed by atoms with Crippen molar-refractivity contribution in [3.63, 3.8) is 0 Å². The van der Waals surface area contributed by atoms with Gasteiger partial charge in [0.2, 0.25) is 0 Å². The van der Waals surface area contributed by atoms with Crippen LogP contribution in [0.4, 0.5) is 0 Å². The van der Waals surface area contributed by atoms with Crippen LogP contribution in [0.15, 0.2) is 17.1 Å². The predicted octanol–water partition coefficient (Wildman–Crippen LogP) is 2.22. The van der Waals surface area contributed by atoms with Gasteiger partial charge in [0, 0.05) is 19.1 Å². The Hall–Kier alpha value is -0.300. The minimum absolute atomic E-state index is 0. The number of likely N-dealkylation sites (tertiary alicyclic amines) is 1. The zero-order valence-corrected chi connectivity index (χ0v) is 15.1. The molecular formula is C15H29IN4. The van der Waals surface area contributed by atoms with Crippen molar-refractivity contribution in [2.24, 2.45) is 10.9 Å². The zero-order chi connectivity index (χ0) is 13.5. The van der Waals surface area contributed by atoms with Crippen molar-refractivity contribution in [1.82, 2.24) is 15.5 Å². The summed E-state index contributed by atoms with van der Waals surface area (Å²) < 4.78 is 0. The molecule has 0 radical (unpaired) electrons. The largest absolute Gasteiger partial charge is 0.357 e. The molecule has 0 spiro atoms. The Morgan fingerprint density at radius 3 is 2.50 bits per heavy atom. The van der Waals surface area contributed by atoms with Crippen molar-refractivity contribution in [3.8, 4) is 0 Å². The molecule has 0 aromatic heterocycles. The standard InChI is InChI=1S/C15H28N4.HI/c1-3-16-15(18-14-6-4-5-7-14)17-12-13-8-10-19(2)11-9-13;/h4-5,13-14H,3,6-12H2,1-2H3,(H2,16,17,18);1H. The molecule has 0 bridgehead atoms. The summed E-state index contributed by atoms with van der Waals surface area (Å²) in [6.45, 7) is 6.45. The van der Waals surface area contributed by atoms with Crippen molar-refractivity contribution in [2.45, 2.75) is 38.6 Å². The number of nitrogens with one attached hydrogen (secondary N) is 2. The maximum atomic E-state index is 4.77. The number of piperidine rings is 1. The van der Waals surface area contributed by atoms with Crippen LogP contribution in [0.5, 0.6) is 0 Å². The molecule has 0 unspecified atom stereocenters. The van der Waals surface area contributed by atoms with Gasteiger partial charge in [-0.05, 0) is 58.7 Å². The van der Waals surface area contributed by atoms with E-state index in [0.717, 1.165) is 37.8 Å². The van der Waals surface area contributed by atoms with E-state index >= 15 is 0 Å². The van der Waals surface area contributed by atoms with Crippen molar-refractivity contribution in [2.75, 3.05) is 33.2 Å². The fraction of sp³-hybridized carbons (Fsp3) is 0.800. The van der Waals surface area contributed by atoms with Gasteiger partial charge in [-0.15, -0.1) is 24.0 Å². The van der Waals surface area contributed by atoms with Crippen molar-refractivity contribution < 1.29 is 0 Å². The summed E-state index contributed by atoms with van der Waals surface area (Å²) in [7, 11) is 2.21. The molecule has 2 rings (SSSR count). The summed E-state index contributed by atoms with van der Waals surface area (Å²) in [5.41, 5.74) is 0. The molecule has 0 amide bonds. The summed E-state index contributed by atoms with van der Waals surface area (Å²) in [6, 6.07) is 0.537. The van der Waals surface area contributed by atoms with Crippen LogP contribution in [0, 0.1) is 5.92 Å². The fourth-order valence-electron chi connectivity index (χ4n) is 2.71. The third kappa shape index (κ3) is 5.99. The van der Waals surface area contributed by atoms with E-state index in [4.69, 9.17) is 4.99 Å². The van der Waals surface area contributed by atoms with Crippen LogP contribution in [0.25, 0.3) is 0 Å². The first-order valence-electron chi connectivity index (χ1n) is 7.66. The molecule has 4 nitrogen and oxygen atoms in total. The topological polar surface area (TPSA) is 39.7 Å². The number of hydrogen-bond acceptors (Lipinski definition) is 2. The summed E-state index contributed by atoms with van der Waals surface area (Å²) in [5, 5.41) is 6.89. The number of guanidine groups is 1. The highest BCUT2D eigenvalue weighted by molar-refractivity contribution is 14.0. The van der Waals surface area contributed by atoms with Crippen molar-refractivity contribution in [1.29, 1.82) is 0 Å². The second-order valence-electron chi connectivity index (χ2n) is 5.75. The second kappa shape index (κ2) is 9.60. The van der Waals surface area contributed by atoms with E-state index in [-0.39, 0.29) is 24.0 Å². The maximum absolute atomic E-state index is 4.77. The molecule has 116 valence electrons. The number of rotatable bonds is 4. The van der Waals surface area contributed by atoms with Gasteiger partial charge in [-0.2, -0.15) is 0 Å². The monoisotopic (exact) mass is 392 g/mol. The zero-order valence-electron chi connectivity index (χ0n) is 12.8. The van der Waals surface area contributed by atoms with Crippen molar-refractivity contribution >= 4 is 29.9 Å². The van der Waals surface area contributed by atoms with E-state index in [2.05, 4.69) is 41.7 Å². The Morgan fingerprint density at radius 1 is 1.25 bits per heavy atom. The lowest BCUT2D eigenvalue weighted by atomic mass is 9.97. The molecular weight excluding hydrogens is 363 g/mol. The lowest BCUT2D eigenvalue weighted by molar-refractivity contribution is 0.223. The van der Waals surface area contributed by atoms with Crippen LogP contribution in [0.2, 0.25) is 0 Å². The summed E-state index contributed by atoms with van der Waals surface area (Å²) in [4.78, 5) is 7.18. The average molecular weight is 392 g/mol.